The van der Waals surface area contributed by atoms with E-state index in [9.17, 15) is 0 Å². The second-order valence-corrected chi connectivity index (χ2v) is 1.68. The Hall–Kier alpha value is -1.42. The molecule has 0 saturated heterocycles. The molecule has 1 nitrogen and oxygen atoms in total. The zero-order valence-electron chi connectivity index (χ0n) is 4.89. The lowest BCUT2D eigenvalue weighted by atomic mass is 10.2. The molecule has 0 unspecified atom stereocenters. The van der Waals surface area contributed by atoms with Gasteiger partial charge in [-0.3, -0.25) is 0 Å². The maximum Gasteiger partial charge on any atom is 0.0323 e. The third-order valence-electron chi connectivity index (χ3n) is 0.992. The second-order valence-electron chi connectivity index (χ2n) is 1.68. The molecule has 0 fully saturated rings. The summed E-state index contributed by atoms with van der Waals surface area (Å²) in [6, 6.07) is 8.00. The van der Waals surface area contributed by atoms with Crippen molar-refractivity contribution in [2.75, 3.05) is 5.73 Å². The van der Waals surface area contributed by atoms with Gasteiger partial charge in [-0.05, 0) is 18.2 Å². The zero-order chi connectivity index (χ0) is 6.69. The molecular formula is C8H6N. The van der Waals surface area contributed by atoms with Crippen LogP contribution in [0.3, 0.4) is 0 Å². The maximum atomic E-state index is 5.38. The lowest BCUT2D eigenvalue weighted by molar-refractivity contribution is 1.62. The number of hydrogen-bond acceptors (Lipinski definition) is 1. The molecule has 1 rings (SSSR count). The summed E-state index contributed by atoms with van der Waals surface area (Å²) in [5.74, 6) is 2.44. The van der Waals surface area contributed by atoms with E-state index in [0.717, 1.165) is 5.56 Å². The predicted molar refractivity (Wildman–Crippen MR) is 37.6 cm³/mol. The molecule has 0 heterocycles. The fourth-order valence-corrected chi connectivity index (χ4v) is 0.527. The SMILES string of the molecule is C#Cc1[c]cc(N)cc1. The van der Waals surface area contributed by atoms with E-state index in [1.807, 2.05) is 0 Å². The van der Waals surface area contributed by atoms with E-state index < -0.39 is 0 Å². The van der Waals surface area contributed by atoms with Crippen molar-refractivity contribution in [3.8, 4) is 12.3 Å². The van der Waals surface area contributed by atoms with Crippen molar-refractivity contribution < 1.29 is 0 Å². The second kappa shape index (κ2) is 2.23. The Kier molecular flexibility index (Phi) is 1.42. The molecule has 0 spiro atoms. The van der Waals surface area contributed by atoms with Crippen molar-refractivity contribution in [3.05, 3.63) is 29.8 Å². The van der Waals surface area contributed by atoms with Gasteiger partial charge in [-0.15, -0.1) is 6.42 Å². The minimum atomic E-state index is 0.689. The van der Waals surface area contributed by atoms with Crippen LogP contribution in [0.4, 0.5) is 5.69 Å². The van der Waals surface area contributed by atoms with Gasteiger partial charge in [0.25, 0.3) is 0 Å². The van der Waals surface area contributed by atoms with Crippen molar-refractivity contribution in [1.82, 2.24) is 0 Å². The van der Waals surface area contributed by atoms with Gasteiger partial charge in [-0.2, -0.15) is 0 Å². The van der Waals surface area contributed by atoms with Crippen LogP contribution in [0, 0.1) is 18.4 Å². The highest BCUT2D eigenvalue weighted by molar-refractivity contribution is 5.42. The lowest BCUT2D eigenvalue weighted by Gasteiger charge is -1.89. The number of rotatable bonds is 0. The Morgan fingerprint density at radius 1 is 1.56 bits per heavy atom. The minimum absolute atomic E-state index is 0.689. The third-order valence-corrected chi connectivity index (χ3v) is 0.992. The van der Waals surface area contributed by atoms with Crippen LogP contribution < -0.4 is 5.73 Å². The van der Waals surface area contributed by atoms with Gasteiger partial charge in [0.2, 0.25) is 0 Å². The molecule has 1 aromatic rings. The summed E-state index contributed by atoms with van der Waals surface area (Å²) >= 11 is 0. The van der Waals surface area contributed by atoms with Gasteiger partial charge < -0.3 is 5.73 Å². The Balaban J connectivity index is 3.06. The molecule has 0 atom stereocenters. The monoisotopic (exact) mass is 116 g/mol. The minimum Gasteiger partial charge on any atom is -0.399 e. The van der Waals surface area contributed by atoms with Crippen molar-refractivity contribution >= 4 is 5.69 Å². The van der Waals surface area contributed by atoms with Gasteiger partial charge in [0.05, 0.1) is 0 Å². The molecule has 0 saturated carbocycles. The number of hydrogen-bond donors (Lipinski definition) is 1. The summed E-state index contributed by atoms with van der Waals surface area (Å²) in [4.78, 5) is 0. The average Bonchev–Trinajstić information content (AvgIpc) is 1.90. The summed E-state index contributed by atoms with van der Waals surface area (Å²) < 4.78 is 0. The molecule has 2 N–H and O–H groups in total. The van der Waals surface area contributed by atoms with Gasteiger partial charge in [0, 0.05) is 17.3 Å². The Bertz CT molecular complexity index is 228. The van der Waals surface area contributed by atoms with Crippen LogP contribution in [0.2, 0.25) is 0 Å². The Morgan fingerprint density at radius 3 is 2.78 bits per heavy atom. The fourth-order valence-electron chi connectivity index (χ4n) is 0.527. The molecule has 0 aromatic heterocycles. The summed E-state index contributed by atoms with van der Waals surface area (Å²) in [6.07, 6.45) is 5.08. The predicted octanol–water partition coefficient (Wildman–Crippen LogP) is 1.05. The van der Waals surface area contributed by atoms with Crippen LogP contribution in [0.1, 0.15) is 5.56 Å². The van der Waals surface area contributed by atoms with Gasteiger partial charge >= 0.3 is 0 Å². The van der Waals surface area contributed by atoms with E-state index in [4.69, 9.17) is 12.2 Å². The van der Waals surface area contributed by atoms with Crippen molar-refractivity contribution in [3.63, 3.8) is 0 Å². The van der Waals surface area contributed by atoms with Crippen molar-refractivity contribution in [2.24, 2.45) is 0 Å². The van der Waals surface area contributed by atoms with Gasteiger partial charge in [0.1, 0.15) is 0 Å². The highest BCUT2D eigenvalue weighted by atomic mass is 14.5. The highest BCUT2D eigenvalue weighted by Crippen LogP contribution is 2.01. The van der Waals surface area contributed by atoms with E-state index in [-0.39, 0.29) is 0 Å². The lowest BCUT2D eigenvalue weighted by Crippen LogP contribution is -1.82. The molecule has 1 radical (unpaired) electrons. The summed E-state index contributed by atoms with van der Waals surface area (Å²) in [5, 5.41) is 0. The Morgan fingerprint density at radius 2 is 2.33 bits per heavy atom. The largest absolute Gasteiger partial charge is 0.399 e. The van der Waals surface area contributed by atoms with E-state index >= 15 is 0 Å². The molecule has 0 aliphatic heterocycles. The number of nitrogen functional groups attached to an aromatic ring is 1. The van der Waals surface area contributed by atoms with Gasteiger partial charge in [-0.25, -0.2) is 0 Å². The zero-order valence-corrected chi connectivity index (χ0v) is 4.89. The summed E-state index contributed by atoms with van der Waals surface area (Å²) in [7, 11) is 0. The molecule has 1 aromatic carbocycles. The molecule has 9 heavy (non-hydrogen) atoms. The fraction of sp³-hybridized carbons (Fsp3) is 0. The molecule has 0 amide bonds. The quantitative estimate of drug-likeness (QED) is 0.398. The van der Waals surface area contributed by atoms with E-state index in [2.05, 4.69) is 12.0 Å². The van der Waals surface area contributed by atoms with Gasteiger partial charge in [-0.1, -0.05) is 5.92 Å². The van der Waals surface area contributed by atoms with E-state index in [0.29, 0.717) is 5.69 Å². The summed E-state index contributed by atoms with van der Waals surface area (Å²) in [5.41, 5.74) is 6.81. The van der Waals surface area contributed by atoms with Crippen molar-refractivity contribution in [1.29, 1.82) is 0 Å². The molecule has 1 heteroatoms. The average molecular weight is 116 g/mol. The van der Waals surface area contributed by atoms with E-state index in [1.54, 1.807) is 18.2 Å². The van der Waals surface area contributed by atoms with Gasteiger partial charge in [0.15, 0.2) is 0 Å². The molecule has 0 aliphatic rings. The first-order valence-corrected chi connectivity index (χ1v) is 2.57. The molecule has 43 valence electrons. The highest BCUT2D eigenvalue weighted by Gasteiger charge is 1.84. The first-order chi connectivity index (χ1) is 4.33. The Labute approximate surface area is 54.5 Å². The first kappa shape index (κ1) is 5.71. The maximum absolute atomic E-state index is 5.38. The van der Waals surface area contributed by atoms with E-state index in [1.165, 1.54) is 0 Å². The van der Waals surface area contributed by atoms with Crippen LogP contribution in [-0.2, 0) is 0 Å². The topological polar surface area (TPSA) is 26.0 Å². The van der Waals surface area contributed by atoms with Crippen LogP contribution in [0.15, 0.2) is 18.2 Å². The van der Waals surface area contributed by atoms with Crippen LogP contribution in [0.25, 0.3) is 0 Å². The number of nitrogens with two attached hydrogens (primary N) is 1. The van der Waals surface area contributed by atoms with Crippen LogP contribution in [0.5, 0.6) is 0 Å². The first-order valence-electron chi connectivity index (χ1n) is 2.57. The third kappa shape index (κ3) is 1.23. The standard InChI is InChI=1S/C8H6N/c1-2-7-3-5-8(9)6-4-7/h1,3,5-6H,9H2. The van der Waals surface area contributed by atoms with Crippen LogP contribution in [-0.4, -0.2) is 0 Å². The number of benzene rings is 1. The molecule has 0 bridgehead atoms. The smallest absolute Gasteiger partial charge is 0.0323 e. The number of terminal acetylenes is 1. The van der Waals surface area contributed by atoms with Crippen LogP contribution >= 0.6 is 0 Å². The normalized spacial score (nSPS) is 8.33. The number of anilines is 1. The summed E-state index contributed by atoms with van der Waals surface area (Å²) in [6.45, 7) is 0. The van der Waals surface area contributed by atoms with Crippen molar-refractivity contribution in [2.45, 2.75) is 0 Å². The molecular weight excluding hydrogens is 110 g/mol. The molecule has 0 aliphatic carbocycles.